The summed E-state index contributed by atoms with van der Waals surface area (Å²) in [5, 5.41) is 18.3. The number of phenols is 1. The first-order valence-corrected chi connectivity index (χ1v) is 9.61. The van der Waals surface area contributed by atoms with E-state index in [4.69, 9.17) is 21.1 Å². The summed E-state index contributed by atoms with van der Waals surface area (Å²) in [5.41, 5.74) is 1.64. The normalized spacial score (nSPS) is 15.9. The van der Waals surface area contributed by atoms with E-state index >= 15 is 0 Å². The molecule has 3 rings (SSSR count). The van der Waals surface area contributed by atoms with Crippen molar-refractivity contribution in [3.63, 3.8) is 0 Å². The van der Waals surface area contributed by atoms with Crippen LogP contribution in [0.3, 0.4) is 0 Å². The highest BCUT2D eigenvalue weighted by atomic mass is 35.5. The second-order valence-electron chi connectivity index (χ2n) is 6.51. The lowest BCUT2D eigenvalue weighted by Gasteiger charge is -2.29. The van der Waals surface area contributed by atoms with Crippen molar-refractivity contribution >= 4 is 29.2 Å². The fourth-order valence-electron chi connectivity index (χ4n) is 3.21. The van der Waals surface area contributed by atoms with Gasteiger partial charge in [0.25, 0.3) is 5.91 Å². The molecule has 0 spiro atoms. The molecular formula is C21H22ClN3O5. The van der Waals surface area contributed by atoms with Crippen molar-refractivity contribution in [1.82, 2.24) is 10.6 Å². The molecule has 1 aliphatic heterocycles. The zero-order valence-electron chi connectivity index (χ0n) is 16.7. The molecular weight excluding hydrogens is 410 g/mol. The number of carbonyl (C=O) groups excluding carboxylic acids is 2. The summed E-state index contributed by atoms with van der Waals surface area (Å²) in [6.07, 6.45) is 0. The van der Waals surface area contributed by atoms with Crippen LogP contribution in [0.4, 0.5) is 10.5 Å². The highest BCUT2D eigenvalue weighted by molar-refractivity contribution is 6.32. The highest BCUT2D eigenvalue weighted by Gasteiger charge is 2.32. The number of allylic oxidation sites excluding steroid dienone is 1. The van der Waals surface area contributed by atoms with Crippen molar-refractivity contribution in [2.24, 2.45) is 0 Å². The number of nitrogens with one attached hydrogen (secondary N) is 3. The Morgan fingerprint density at radius 2 is 2.00 bits per heavy atom. The van der Waals surface area contributed by atoms with Gasteiger partial charge in [0.2, 0.25) is 0 Å². The predicted molar refractivity (Wildman–Crippen MR) is 113 cm³/mol. The first-order chi connectivity index (χ1) is 14.3. The number of methoxy groups -OCH3 is 1. The Balaban J connectivity index is 2.02. The first-order valence-electron chi connectivity index (χ1n) is 9.23. The molecule has 9 heteroatoms. The van der Waals surface area contributed by atoms with Gasteiger partial charge in [-0.05, 0) is 43.7 Å². The SMILES string of the molecule is CCOc1cc([C@@H]2NC(=O)NC(C)=C2C(=O)Nc2ccccc2OC)cc(Cl)c1O. The van der Waals surface area contributed by atoms with Crippen LogP contribution in [0.25, 0.3) is 0 Å². The van der Waals surface area contributed by atoms with E-state index in [0.29, 0.717) is 29.3 Å². The molecule has 0 radical (unpaired) electrons. The summed E-state index contributed by atoms with van der Waals surface area (Å²) in [6.45, 7) is 3.71. The quantitative estimate of drug-likeness (QED) is 0.557. The van der Waals surface area contributed by atoms with Gasteiger partial charge in [0, 0.05) is 5.70 Å². The topological polar surface area (TPSA) is 109 Å². The van der Waals surface area contributed by atoms with E-state index in [1.165, 1.54) is 13.2 Å². The molecule has 0 unspecified atom stereocenters. The summed E-state index contributed by atoms with van der Waals surface area (Å²) >= 11 is 6.15. The predicted octanol–water partition coefficient (Wildman–Crippen LogP) is 3.72. The average molecular weight is 432 g/mol. The van der Waals surface area contributed by atoms with Gasteiger partial charge >= 0.3 is 6.03 Å². The summed E-state index contributed by atoms with van der Waals surface area (Å²) in [7, 11) is 1.51. The molecule has 2 aromatic rings. The molecule has 30 heavy (non-hydrogen) atoms. The second kappa shape index (κ2) is 8.96. The zero-order chi connectivity index (χ0) is 21.8. The molecule has 1 heterocycles. The van der Waals surface area contributed by atoms with E-state index in [0.717, 1.165) is 0 Å². The molecule has 4 N–H and O–H groups in total. The number of ether oxygens (including phenoxy) is 2. The van der Waals surface area contributed by atoms with Gasteiger partial charge in [-0.1, -0.05) is 23.7 Å². The number of rotatable bonds is 6. The maximum Gasteiger partial charge on any atom is 0.319 e. The van der Waals surface area contributed by atoms with E-state index in [2.05, 4.69) is 16.0 Å². The Hall–Kier alpha value is -3.39. The lowest BCUT2D eigenvalue weighted by Crippen LogP contribution is -2.46. The summed E-state index contributed by atoms with van der Waals surface area (Å²) in [6, 6.07) is 8.75. The molecule has 1 atom stereocenters. The van der Waals surface area contributed by atoms with Crippen molar-refractivity contribution in [1.29, 1.82) is 0 Å². The molecule has 158 valence electrons. The smallest absolute Gasteiger partial charge is 0.319 e. The van der Waals surface area contributed by atoms with E-state index in [-0.39, 0.29) is 22.1 Å². The Morgan fingerprint density at radius 3 is 2.70 bits per heavy atom. The van der Waals surface area contributed by atoms with Crippen LogP contribution in [0, 0.1) is 0 Å². The minimum absolute atomic E-state index is 0.0471. The number of urea groups is 1. The number of halogens is 1. The Labute approximate surface area is 178 Å². The van der Waals surface area contributed by atoms with Crippen LogP contribution in [0.2, 0.25) is 5.02 Å². The lowest BCUT2D eigenvalue weighted by molar-refractivity contribution is -0.113. The van der Waals surface area contributed by atoms with Crippen molar-refractivity contribution in [2.75, 3.05) is 19.0 Å². The average Bonchev–Trinajstić information content (AvgIpc) is 2.71. The van der Waals surface area contributed by atoms with Gasteiger partial charge in [-0.25, -0.2) is 4.79 Å². The summed E-state index contributed by atoms with van der Waals surface area (Å²) < 4.78 is 10.7. The van der Waals surface area contributed by atoms with Gasteiger partial charge in [0.1, 0.15) is 5.75 Å². The molecule has 0 aliphatic carbocycles. The third-order valence-corrected chi connectivity index (χ3v) is 4.84. The highest BCUT2D eigenvalue weighted by Crippen LogP contribution is 2.39. The number of benzene rings is 2. The molecule has 0 saturated carbocycles. The van der Waals surface area contributed by atoms with E-state index < -0.39 is 18.0 Å². The summed E-state index contributed by atoms with van der Waals surface area (Å²) in [4.78, 5) is 25.3. The number of anilines is 1. The van der Waals surface area contributed by atoms with Crippen molar-refractivity contribution in [3.8, 4) is 17.2 Å². The minimum atomic E-state index is -0.814. The second-order valence-corrected chi connectivity index (χ2v) is 6.91. The van der Waals surface area contributed by atoms with Gasteiger partial charge in [-0.3, -0.25) is 4.79 Å². The third kappa shape index (κ3) is 4.28. The van der Waals surface area contributed by atoms with Crippen LogP contribution in [-0.4, -0.2) is 30.8 Å². The molecule has 0 saturated heterocycles. The number of phenolic OH excluding ortho intramolecular Hbond substituents is 1. The Kier molecular flexibility index (Phi) is 6.37. The first kappa shape index (κ1) is 21.3. The van der Waals surface area contributed by atoms with E-state index in [1.54, 1.807) is 44.2 Å². The number of carbonyl (C=O) groups is 2. The monoisotopic (exact) mass is 431 g/mol. The lowest BCUT2D eigenvalue weighted by atomic mass is 9.94. The van der Waals surface area contributed by atoms with Gasteiger partial charge in [0.15, 0.2) is 11.5 Å². The van der Waals surface area contributed by atoms with Gasteiger partial charge in [-0.2, -0.15) is 0 Å². The van der Waals surface area contributed by atoms with Crippen molar-refractivity contribution in [2.45, 2.75) is 19.9 Å². The number of aromatic hydroxyl groups is 1. The number of amides is 3. The van der Waals surface area contributed by atoms with Crippen molar-refractivity contribution < 1.29 is 24.2 Å². The Bertz CT molecular complexity index is 1020. The fraction of sp³-hybridized carbons (Fsp3) is 0.238. The van der Waals surface area contributed by atoms with Gasteiger partial charge in [0.05, 0.1) is 36.0 Å². The fourth-order valence-corrected chi connectivity index (χ4v) is 3.43. The van der Waals surface area contributed by atoms with Gasteiger partial charge in [-0.15, -0.1) is 0 Å². The van der Waals surface area contributed by atoms with Crippen LogP contribution in [0.5, 0.6) is 17.2 Å². The maximum atomic E-state index is 13.2. The Morgan fingerprint density at radius 1 is 1.27 bits per heavy atom. The number of hydrogen-bond acceptors (Lipinski definition) is 5. The van der Waals surface area contributed by atoms with Crippen LogP contribution < -0.4 is 25.4 Å². The zero-order valence-corrected chi connectivity index (χ0v) is 17.5. The van der Waals surface area contributed by atoms with Crippen LogP contribution in [0.1, 0.15) is 25.5 Å². The molecule has 2 aromatic carbocycles. The number of hydrogen-bond donors (Lipinski definition) is 4. The van der Waals surface area contributed by atoms with Crippen LogP contribution >= 0.6 is 11.6 Å². The van der Waals surface area contributed by atoms with Crippen molar-refractivity contribution in [3.05, 3.63) is 58.3 Å². The van der Waals surface area contributed by atoms with Crippen LogP contribution in [0.15, 0.2) is 47.7 Å². The molecule has 0 bridgehead atoms. The maximum absolute atomic E-state index is 13.2. The van der Waals surface area contributed by atoms with E-state index in [9.17, 15) is 14.7 Å². The largest absolute Gasteiger partial charge is 0.503 e. The van der Waals surface area contributed by atoms with E-state index in [1.807, 2.05) is 0 Å². The van der Waals surface area contributed by atoms with Gasteiger partial charge < -0.3 is 30.5 Å². The number of para-hydroxylation sites is 2. The van der Waals surface area contributed by atoms with Crippen LogP contribution in [-0.2, 0) is 4.79 Å². The molecule has 3 amide bonds. The third-order valence-electron chi connectivity index (χ3n) is 4.55. The summed E-state index contributed by atoms with van der Waals surface area (Å²) in [5.74, 6) is 0.0228. The standard InChI is InChI=1S/C21H22ClN3O5/c1-4-30-16-10-12(9-13(22)19(16)26)18-17(11(2)23-21(28)25-18)20(27)24-14-7-5-6-8-15(14)29-3/h5-10,18,26H,4H2,1-3H3,(H,24,27)(H2,23,25,28)/t18-/m0/s1. The molecule has 0 aromatic heterocycles. The minimum Gasteiger partial charge on any atom is -0.503 e. The molecule has 0 fully saturated rings. The molecule has 1 aliphatic rings. The molecule has 8 nitrogen and oxygen atoms in total.